The van der Waals surface area contributed by atoms with Crippen LogP contribution in [-0.4, -0.2) is 34.2 Å². The highest BCUT2D eigenvalue weighted by Gasteiger charge is 2.56. The maximum atomic E-state index is 13.5. The van der Waals surface area contributed by atoms with Crippen LogP contribution < -0.4 is 14.2 Å². The summed E-state index contributed by atoms with van der Waals surface area (Å²) in [6.07, 6.45) is 2.63. The fourth-order valence-corrected chi connectivity index (χ4v) is 5.18. The van der Waals surface area contributed by atoms with E-state index in [0.29, 0.717) is 6.61 Å². The number of hydrogen-bond donors (Lipinski definition) is 2. The van der Waals surface area contributed by atoms with Crippen LogP contribution in [0.1, 0.15) is 73.2 Å². The number of carbonyl (C=O) groups excluding carboxylic acids is 3. The Kier molecular flexibility index (Phi) is 5.85. The molecule has 0 radical (unpaired) electrons. The van der Waals surface area contributed by atoms with Crippen molar-refractivity contribution in [2.24, 2.45) is 0 Å². The number of Topliss-reactive ketones (excluding diaryl/α,β-unsaturated/α-hetero) is 3. The molecular weight excluding hydrogens is 476 g/mol. The van der Waals surface area contributed by atoms with E-state index >= 15 is 0 Å². The van der Waals surface area contributed by atoms with Gasteiger partial charge in [0.05, 0.1) is 18.6 Å². The summed E-state index contributed by atoms with van der Waals surface area (Å²) in [6.45, 7) is 7.02. The molecule has 8 nitrogen and oxygen atoms in total. The molecule has 3 aliphatic rings. The normalized spacial score (nSPS) is 21.9. The van der Waals surface area contributed by atoms with Gasteiger partial charge in [-0.2, -0.15) is 0 Å². The number of rotatable bonds is 6. The van der Waals surface area contributed by atoms with Crippen molar-refractivity contribution in [2.45, 2.75) is 58.5 Å². The van der Waals surface area contributed by atoms with Gasteiger partial charge < -0.3 is 24.4 Å². The number of phenolic OH excluding ortho intramolecular Hbond substituents is 1. The molecular formula is C29H28O8. The summed E-state index contributed by atoms with van der Waals surface area (Å²) in [4.78, 5) is 39.0. The first-order chi connectivity index (χ1) is 17.6. The van der Waals surface area contributed by atoms with Gasteiger partial charge in [-0.1, -0.05) is 25.5 Å². The number of fused-ring (bicyclic) bond motifs is 5. The van der Waals surface area contributed by atoms with E-state index < -0.39 is 28.8 Å². The second-order valence-electron chi connectivity index (χ2n) is 9.77. The van der Waals surface area contributed by atoms with Crippen LogP contribution >= 0.6 is 0 Å². The Morgan fingerprint density at radius 1 is 1.16 bits per heavy atom. The summed E-state index contributed by atoms with van der Waals surface area (Å²) in [5, 5.41) is 21.6. The highest BCUT2D eigenvalue weighted by molar-refractivity contribution is 6.26. The van der Waals surface area contributed by atoms with Gasteiger partial charge in [-0.3, -0.25) is 14.4 Å². The fraction of sp³-hybridized carbons (Fsp3) is 0.345. The lowest BCUT2D eigenvalue weighted by Gasteiger charge is -2.30. The molecule has 2 atom stereocenters. The number of allylic oxidation sites excluding steroid dienone is 3. The van der Waals surface area contributed by atoms with Gasteiger partial charge >= 0.3 is 0 Å². The number of aliphatic hydroxyl groups excluding tert-OH is 1. The number of benzene rings is 2. The van der Waals surface area contributed by atoms with E-state index in [1.165, 1.54) is 19.9 Å². The van der Waals surface area contributed by atoms with Crippen molar-refractivity contribution >= 4 is 17.3 Å². The lowest BCUT2D eigenvalue weighted by molar-refractivity contribution is -0.123. The second-order valence-corrected chi connectivity index (χ2v) is 9.77. The average Bonchev–Trinajstić information content (AvgIpc) is 3.15. The van der Waals surface area contributed by atoms with Crippen LogP contribution in [0.4, 0.5) is 0 Å². The van der Waals surface area contributed by atoms with Crippen LogP contribution in [0.2, 0.25) is 0 Å². The van der Waals surface area contributed by atoms with Gasteiger partial charge in [0.2, 0.25) is 0 Å². The minimum atomic E-state index is -1.57. The summed E-state index contributed by atoms with van der Waals surface area (Å²) in [5.41, 5.74) is -0.655. The topological polar surface area (TPSA) is 119 Å². The largest absolute Gasteiger partial charge is 0.507 e. The molecule has 0 saturated heterocycles. The Morgan fingerprint density at radius 2 is 1.86 bits per heavy atom. The first-order valence-electron chi connectivity index (χ1n) is 12.3. The Hall–Kier alpha value is -4.07. The third kappa shape index (κ3) is 3.62. The highest BCUT2D eigenvalue weighted by Crippen LogP contribution is 2.59. The van der Waals surface area contributed by atoms with Crippen LogP contribution in [0.15, 0.2) is 47.4 Å². The van der Waals surface area contributed by atoms with Gasteiger partial charge in [0, 0.05) is 11.6 Å². The molecule has 2 aromatic rings. The molecule has 1 aliphatic carbocycles. The first kappa shape index (κ1) is 24.6. The monoisotopic (exact) mass is 504 g/mol. The van der Waals surface area contributed by atoms with Crippen molar-refractivity contribution in [3.8, 4) is 23.0 Å². The minimum absolute atomic E-state index is 0.0147. The maximum Gasteiger partial charge on any atom is 0.188 e. The predicted molar refractivity (Wildman–Crippen MR) is 133 cm³/mol. The average molecular weight is 505 g/mol. The Labute approximate surface area is 214 Å². The molecule has 0 bridgehead atoms. The second kappa shape index (κ2) is 8.80. The Balaban J connectivity index is 1.54. The predicted octanol–water partition coefficient (Wildman–Crippen LogP) is 5.10. The van der Waals surface area contributed by atoms with Gasteiger partial charge in [0.25, 0.3) is 0 Å². The zero-order valence-corrected chi connectivity index (χ0v) is 21.1. The van der Waals surface area contributed by atoms with Crippen molar-refractivity contribution in [2.75, 3.05) is 6.61 Å². The SMILES string of the molecule is CCCCOc1ccc(C2CC(=O)c3c(c(C)c(O)c4c3OC3=CC(O)=C(C(C)=O)C(=O)[C@]34C)O2)cc1. The Bertz CT molecular complexity index is 1410. The van der Waals surface area contributed by atoms with E-state index in [1.54, 1.807) is 6.92 Å². The van der Waals surface area contributed by atoms with E-state index in [1.807, 2.05) is 24.3 Å². The number of carbonyl (C=O) groups is 3. The Morgan fingerprint density at radius 3 is 2.51 bits per heavy atom. The summed E-state index contributed by atoms with van der Waals surface area (Å²) >= 11 is 0. The smallest absolute Gasteiger partial charge is 0.188 e. The molecule has 0 saturated carbocycles. The molecule has 0 aromatic heterocycles. The van der Waals surface area contributed by atoms with Gasteiger partial charge in [-0.15, -0.1) is 0 Å². The summed E-state index contributed by atoms with van der Waals surface area (Å²) < 4.78 is 17.9. The molecule has 2 heterocycles. The molecule has 2 N–H and O–H groups in total. The fourth-order valence-electron chi connectivity index (χ4n) is 5.18. The van der Waals surface area contributed by atoms with Crippen LogP contribution in [-0.2, 0) is 15.0 Å². The molecule has 37 heavy (non-hydrogen) atoms. The van der Waals surface area contributed by atoms with E-state index in [9.17, 15) is 24.6 Å². The van der Waals surface area contributed by atoms with Gasteiger partial charge in [-0.05, 0) is 44.9 Å². The van der Waals surface area contributed by atoms with Gasteiger partial charge in [0.1, 0.15) is 57.2 Å². The number of phenols is 1. The number of unbranched alkanes of at least 4 members (excludes halogenated alkanes) is 1. The molecule has 5 rings (SSSR count). The number of aliphatic hydroxyl groups is 1. The standard InChI is InChI=1S/C29H28O8/c1-5-6-11-35-17-9-7-16(8-10-17)20-12-18(31)23-26(36-20)14(2)25(33)24-27(23)37-21-13-19(32)22(15(3)30)28(34)29(21,24)4/h7-10,13,20,32-33H,5-6,11-12H2,1-4H3/t20?,29-/m1/s1. The lowest BCUT2D eigenvalue weighted by Crippen LogP contribution is -2.38. The minimum Gasteiger partial charge on any atom is -0.507 e. The lowest BCUT2D eigenvalue weighted by atomic mass is 9.70. The zero-order chi connectivity index (χ0) is 26.6. The quantitative estimate of drug-likeness (QED) is 0.412. The third-order valence-corrected chi connectivity index (χ3v) is 7.30. The molecule has 0 spiro atoms. The third-order valence-electron chi connectivity index (χ3n) is 7.30. The molecule has 2 aliphatic heterocycles. The van der Waals surface area contributed by atoms with E-state index in [4.69, 9.17) is 14.2 Å². The van der Waals surface area contributed by atoms with Crippen molar-refractivity contribution in [3.05, 3.63) is 69.7 Å². The van der Waals surface area contributed by atoms with E-state index in [-0.39, 0.29) is 57.5 Å². The van der Waals surface area contributed by atoms with Crippen LogP contribution in [0, 0.1) is 6.92 Å². The van der Waals surface area contributed by atoms with Crippen molar-refractivity contribution in [1.82, 2.24) is 0 Å². The number of aromatic hydroxyl groups is 1. The van der Waals surface area contributed by atoms with Gasteiger partial charge in [0.15, 0.2) is 17.3 Å². The highest BCUT2D eigenvalue weighted by atomic mass is 16.5. The molecule has 192 valence electrons. The first-order valence-corrected chi connectivity index (χ1v) is 12.3. The molecule has 1 unspecified atom stereocenters. The van der Waals surface area contributed by atoms with Gasteiger partial charge in [-0.25, -0.2) is 0 Å². The van der Waals surface area contributed by atoms with E-state index in [2.05, 4.69) is 6.92 Å². The van der Waals surface area contributed by atoms with Crippen LogP contribution in [0.5, 0.6) is 23.0 Å². The van der Waals surface area contributed by atoms with Crippen LogP contribution in [0.3, 0.4) is 0 Å². The van der Waals surface area contributed by atoms with E-state index in [0.717, 1.165) is 24.2 Å². The summed E-state index contributed by atoms with van der Waals surface area (Å²) in [7, 11) is 0. The molecule has 8 heteroatoms. The number of hydrogen-bond acceptors (Lipinski definition) is 8. The molecule has 0 amide bonds. The van der Waals surface area contributed by atoms with Crippen LogP contribution in [0.25, 0.3) is 0 Å². The van der Waals surface area contributed by atoms with Crippen molar-refractivity contribution in [3.63, 3.8) is 0 Å². The number of ether oxygens (including phenoxy) is 3. The summed E-state index contributed by atoms with van der Waals surface area (Å²) in [6, 6.07) is 7.36. The summed E-state index contributed by atoms with van der Waals surface area (Å²) in [5.74, 6) is -1.38. The molecule has 0 fully saturated rings. The zero-order valence-electron chi connectivity index (χ0n) is 21.1. The maximum absolute atomic E-state index is 13.5. The van der Waals surface area contributed by atoms with Crippen molar-refractivity contribution < 1.29 is 38.8 Å². The molecule has 2 aromatic carbocycles. The number of ketones is 3. The van der Waals surface area contributed by atoms with Crippen molar-refractivity contribution in [1.29, 1.82) is 0 Å².